The maximum absolute atomic E-state index is 10.6. The second kappa shape index (κ2) is 5.84. The molecule has 0 heterocycles. The van der Waals surface area contributed by atoms with Crippen LogP contribution in [-0.4, -0.2) is 18.1 Å². The number of hydrogen-bond donors (Lipinski definition) is 2. The molecule has 1 aromatic carbocycles. The summed E-state index contributed by atoms with van der Waals surface area (Å²) < 4.78 is 5.48. The molecule has 0 aliphatic carbocycles. The molecule has 0 saturated carbocycles. The SMILES string of the molecule is CC(C)Oc1ccc(C(=N)/C(C=O)=C\N)cc1. The number of ether oxygens (including phenoxy) is 1. The van der Waals surface area contributed by atoms with Gasteiger partial charge in [0.25, 0.3) is 0 Å². The summed E-state index contributed by atoms with van der Waals surface area (Å²) in [5.41, 5.74) is 6.17. The van der Waals surface area contributed by atoms with E-state index in [0.29, 0.717) is 11.8 Å². The predicted octanol–water partition coefficient (Wildman–Crippen LogP) is 1.88. The summed E-state index contributed by atoms with van der Waals surface area (Å²) in [5.74, 6) is 0.737. The molecule has 17 heavy (non-hydrogen) atoms. The number of nitrogens with two attached hydrogens (primary N) is 1. The standard InChI is InChI=1S/C13H16N2O2/c1-9(2)17-12-5-3-10(4-6-12)13(15)11(7-14)8-16/h3-9,15H,14H2,1-2H3/b11-7-,15-13?. The molecule has 0 spiro atoms. The van der Waals surface area contributed by atoms with E-state index in [1.807, 2.05) is 13.8 Å². The van der Waals surface area contributed by atoms with Crippen molar-refractivity contribution < 1.29 is 9.53 Å². The molecule has 0 bridgehead atoms. The van der Waals surface area contributed by atoms with Crippen LogP contribution in [0.5, 0.6) is 5.75 Å². The molecule has 0 aliphatic heterocycles. The number of aldehydes is 1. The number of allylic oxidation sites excluding steroid dienone is 1. The lowest BCUT2D eigenvalue weighted by Gasteiger charge is -2.10. The molecule has 3 N–H and O–H groups in total. The Hall–Kier alpha value is -2.10. The van der Waals surface area contributed by atoms with Crippen LogP contribution in [0, 0.1) is 5.41 Å². The first-order chi connectivity index (χ1) is 8.08. The lowest BCUT2D eigenvalue weighted by atomic mass is 10.0. The summed E-state index contributed by atoms with van der Waals surface area (Å²) in [6.07, 6.45) is 1.81. The molecular formula is C13H16N2O2. The Balaban J connectivity index is 2.87. The monoisotopic (exact) mass is 232 g/mol. The minimum Gasteiger partial charge on any atom is -0.491 e. The minimum absolute atomic E-state index is 0.106. The number of carbonyl (C=O) groups is 1. The number of rotatable bonds is 5. The highest BCUT2D eigenvalue weighted by Crippen LogP contribution is 2.15. The first kappa shape index (κ1) is 13.0. The van der Waals surface area contributed by atoms with Crippen LogP contribution in [0.4, 0.5) is 0 Å². The van der Waals surface area contributed by atoms with E-state index < -0.39 is 0 Å². The van der Waals surface area contributed by atoms with Gasteiger partial charge in [0.05, 0.1) is 17.4 Å². The Bertz CT molecular complexity index is 433. The van der Waals surface area contributed by atoms with E-state index in [1.54, 1.807) is 24.3 Å². The zero-order chi connectivity index (χ0) is 12.8. The molecule has 0 unspecified atom stereocenters. The molecular weight excluding hydrogens is 216 g/mol. The maximum Gasteiger partial charge on any atom is 0.153 e. The van der Waals surface area contributed by atoms with Crippen LogP contribution in [0.3, 0.4) is 0 Å². The van der Waals surface area contributed by atoms with Crippen molar-refractivity contribution in [1.29, 1.82) is 5.41 Å². The van der Waals surface area contributed by atoms with E-state index >= 15 is 0 Å². The Morgan fingerprint density at radius 2 is 1.94 bits per heavy atom. The molecule has 0 saturated heterocycles. The molecule has 1 rings (SSSR count). The van der Waals surface area contributed by atoms with Gasteiger partial charge in [0.2, 0.25) is 0 Å². The summed E-state index contributed by atoms with van der Waals surface area (Å²) in [6.45, 7) is 3.88. The average Bonchev–Trinajstić information content (AvgIpc) is 2.30. The highest BCUT2D eigenvalue weighted by atomic mass is 16.5. The molecule has 4 heteroatoms. The van der Waals surface area contributed by atoms with Gasteiger partial charge >= 0.3 is 0 Å². The quantitative estimate of drug-likeness (QED) is 0.462. The van der Waals surface area contributed by atoms with Crippen LogP contribution in [0.25, 0.3) is 0 Å². The van der Waals surface area contributed by atoms with Crippen LogP contribution in [0.2, 0.25) is 0 Å². The van der Waals surface area contributed by atoms with Crippen LogP contribution < -0.4 is 10.5 Å². The highest BCUT2D eigenvalue weighted by Gasteiger charge is 2.07. The Morgan fingerprint density at radius 3 is 2.35 bits per heavy atom. The van der Waals surface area contributed by atoms with Crippen molar-refractivity contribution in [3.63, 3.8) is 0 Å². The second-order valence-corrected chi connectivity index (χ2v) is 3.81. The van der Waals surface area contributed by atoms with Crippen LogP contribution in [0.1, 0.15) is 19.4 Å². The van der Waals surface area contributed by atoms with E-state index in [0.717, 1.165) is 11.9 Å². The second-order valence-electron chi connectivity index (χ2n) is 3.81. The first-order valence-corrected chi connectivity index (χ1v) is 5.31. The molecule has 4 nitrogen and oxygen atoms in total. The number of nitrogens with one attached hydrogen (secondary N) is 1. The van der Waals surface area contributed by atoms with Gasteiger partial charge in [-0.05, 0) is 38.1 Å². The summed E-state index contributed by atoms with van der Waals surface area (Å²) >= 11 is 0. The van der Waals surface area contributed by atoms with Crippen molar-refractivity contribution in [1.82, 2.24) is 0 Å². The Labute approximate surface area is 101 Å². The van der Waals surface area contributed by atoms with Gasteiger partial charge in [0.1, 0.15) is 5.75 Å². The molecule has 0 aliphatic rings. The lowest BCUT2D eigenvalue weighted by Crippen LogP contribution is -2.08. The Morgan fingerprint density at radius 1 is 1.35 bits per heavy atom. The molecule has 0 fully saturated rings. The van der Waals surface area contributed by atoms with Gasteiger partial charge in [-0.15, -0.1) is 0 Å². The van der Waals surface area contributed by atoms with Crippen LogP contribution in [0.15, 0.2) is 36.0 Å². The molecule has 0 radical (unpaired) electrons. The van der Waals surface area contributed by atoms with Gasteiger partial charge in [-0.25, -0.2) is 0 Å². The van der Waals surface area contributed by atoms with E-state index in [9.17, 15) is 4.79 Å². The lowest BCUT2D eigenvalue weighted by molar-refractivity contribution is -0.104. The van der Waals surface area contributed by atoms with Gasteiger partial charge < -0.3 is 10.5 Å². The Kier molecular flexibility index (Phi) is 4.46. The van der Waals surface area contributed by atoms with Crippen LogP contribution in [-0.2, 0) is 4.79 Å². The fourth-order valence-electron chi connectivity index (χ4n) is 1.32. The van der Waals surface area contributed by atoms with Crippen LogP contribution >= 0.6 is 0 Å². The summed E-state index contributed by atoms with van der Waals surface area (Å²) in [6, 6.07) is 6.99. The van der Waals surface area contributed by atoms with E-state index in [2.05, 4.69) is 0 Å². The smallest absolute Gasteiger partial charge is 0.153 e. The molecule has 0 aromatic heterocycles. The predicted molar refractivity (Wildman–Crippen MR) is 67.4 cm³/mol. The molecule has 1 aromatic rings. The van der Waals surface area contributed by atoms with E-state index in [1.165, 1.54) is 0 Å². The zero-order valence-electron chi connectivity index (χ0n) is 9.94. The van der Waals surface area contributed by atoms with Crippen molar-refractivity contribution in [3.05, 3.63) is 41.6 Å². The van der Waals surface area contributed by atoms with Crippen molar-refractivity contribution in [3.8, 4) is 5.75 Å². The van der Waals surface area contributed by atoms with Gasteiger partial charge in [-0.3, -0.25) is 10.2 Å². The number of carbonyl (C=O) groups excluding carboxylic acids is 1. The third kappa shape index (κ3) is 3.45. The van der Waals surface area contributed by atoms with Gasteiger partial charge in [0.15, 0.2) is 6.29 Å². The fraction of sp³-hybridized carbons (Fsp3) is 0.231. The van der Waals surface area contributed by atoms with Crippen molar-refractivity contribution in [2.45, 2.75) is 20.0 Å². The van der Waals surface area contributed by atoms with Gasteiger partial charge in [-0.1, -0.05) is 0 Å². The van der Waals surface area contributed by atoms with Gasteiger partial charge in [-0.2, -0.15) is 0 Å². The molecule has 0 amide bonds. The third-order valence-electron chi connectivity index (χ3n) is 2.11. The average molecular weight is 232 g/mol. The first-order valence-electron chi connectivity index (χ1n) is 5.31. The van der Waals surface area contributed by atoms with E-state index in [-0.39, 0.29) is 17.4 Å². The largest absolute Gasteiger partial charge is 0.491 e. The molecule has 90 valence electrons. The normalized spacial score (nSPS) is 11.4. The maximum atomic E-state index is 10.6. The summed E-state index contributed by atoms with van der Waals surface area (Å²) in [4.78, 5) is 10.6. The third-order valence-corrected chi connectivity index (χ3v) is 2.11. The highest BCUT2D eigenvalue weighted by molar-refractivity contribution is 6.21. The number of hydrogen-bond acceptors (Lipinski definition) is 4. The minimum atomic E-state index is 0.106. The van der Waals surface area contributed by atoms with Crippen molar-refractivity contribution in [2.75, 3.05) is 0 Å². The van der Waals surface area contributed by atoms with E-state index in [4.69, 9.17) is 15.9 Å². The van der Waals surface area contributed by atoms with Gasteiger partial charge in [0, 0.05) is 11.8 Å². The topological polar surface area (TPSA) is 76.2 Å². The van der Waals surface area contributed by atoms with Crippen molar-refractivity contribution in [2.24, 2.45) is 5.73 Å². The zero-order valence-corrected chi connectivity index (χ0v) is 9.94. The summed E-state index contributed by atoms with van der Waals surface area (Å²) in [7, 11) is 0. The fourth-order valence-corrected chi connectivity index (χ4v) is 1.32. The molecule has 0 atom stereocenters. The number of benzene rings is 1. The van der Waals surface area contributed by atoms with Crippen molar-refractivity contribution >= 4 is 12.0 Å². The summed E-state index contributed by atoms with van der Waals surface area (Å²) in [5, 5.41) is 7.78.